The molecule has 426 valence electrons. The first-order chi connectivity index (χ1) is 34.8. The van der Waals surface area contributed by atoms with Gasteiger partial charge in [0, 0.05) is 36.8 Å². The van der Waals surface area contributed by atoms with E-state index in [1.165, 1.54) is 50.2 Å². The highest BCUT2D eigenvalue weighted by Crippen LogP contribution is 2.37. The molecule has 4 atom stereocenters. The number of carbonyl (C=O) groups excluding carboxylic acids is 6. The van der Waals surface area contributed by atoms with Crippen LogP contribution in [-0.4, -0.2) is 200 Å². The lowest BCUT2D eigenvalue weighted by molar-refractivity contribution is -0.889. The minimum Gasteiger partial charge on any atom is -0.504 e. The van der Waals surface area contributed by atoms with E-state index in [9.17, 15) is 63.9 Å². The number of hydrogen-bond acceptors (Lipinski definition) is 15. The maximum atomic E-state index is 14.0. The molecule has 0 fully saturated rings. The number of aliphatic carboxylic acids is 2. The average Bonchev–Trinajstić information content (AvgIpc) is 3.29. The molecule has 0 aromatic heterocycles. The van der Waals surface area contributed by atoms with Crippen molar-refractivity contribution in [2.45, 2.75) is 107 Å². The topological polar surface area (TPSA) is 345 Å². The van der Waals surface area contributed by atoms with E-state index in [0.29, 0.717) is 37.3 Å². The predicted octanol–water partition coefficient (Wildman–Crippen LogP) is 2.19. The molecule has 2 aromatic carbocycles. The van der Waals surface area contributed by atoms with Crippen LogP contribution in [0.25, 0.3) is 0 Å². The number of aliphatic hydroxyl groups excluding tert-OH is 1. The van der Waals surface area contributed by atoms with Crippen molar-refractivity contribution in [3.8, 4) is 23.0 Å². The second-order valence-electron chi connectivity index (χ2n) is 22.1. The molecule has 2 aromatic rings. The Morgan fingerprint density at radius 1 is 0.553 bits per heavy atom. The summed E-state index contributed by atoms with van der Waals surface area (Å²) in [5, 5.41) is 79.8. The number of phenols is 4. The lowest BCUT2D eigenvalue weighted by Crippen LogP contribution is -2.55. The Hall–Kier alpha value is -5.76. The van der Waals surface area contributed by atoms with Gasteiger partial charge in [0.05, 0.1) is 60.2 Å². The first-order valence-electron chi connectivity index (χ1n) is 24.4. The van der Waals surface area contributed by atoms with Gasteiger partial charge in [-0.2, -0.15) is 0 Å². The summed E-state index contributed by atoms with van der Waals surface area (Å²) in [6.07, 6.45) is -2.27. The van der Waals surface area contributed by atoms with Crippen LogP contribution in [0.5, 0.6) is 23.0 Å². The fourth-order valence-corrected chi connectivity index (χ4v) is 9.43. The minimum atomic E-state index is -1.45. The third kappa shape index (κ3) is 22.8. The van der Waals surface area contributed by atoms with E-state index in [0.717, 1.165) is 0 Å². The van der Waals surface area contributed by atoms with Crippen LogP contribution in [-0.2, 0) is 60.7 Å². The number of esters is 2. The third-order valence-corrected chi connectivity index (χ3v) is 13.8. The number of quaternary nitrogens is 2. The Bertz CT molecular complexity index is 2230. The summed E-state index contributed by atoms with van der Waals surface area (Å²) in [6, 6.07) is 4.92. The van der Waals surface area contributed by atoms with Crippen molar-refractivity contribution < 1.29 is 92.5 Å². The average molecular weight is 1210 g/mol. The summed E-state index contributed by atoms with van der Waals surface area (Å²) in [7, 11) is 7.19. The predicted molar refractivity (Wildman–Crippen MR) is 284 cm³/mol. The second-order valence-corrected chi connectivity index (χ2v) is 25.6. The van der Waals surface area contributed by atoms with Gasteiger partial charge in [-0.3, -0.25) is 38.4 Å². The summed E-state index contributed by atoms with van der Waals surface area (Å²) in [6.45, 7) is 9.48. The van der Waals surface area contributed by atoms with Crippen molar-refractivity contribution in [2.24, 2.45) is 10.8 Å². The van der Waals surface area contributed by atoms with Crippen LogP contribution < -0.4 is 21.3 Å². The molecular weight excluding hydrogens is 1130 g/mol. The van der Waals surface area contributed by atoms with Gasteiger partial charge in [-0.25, -0.2) is 0 Å². The van der Waals surface area contributed by atoms with Gasteiger partial charge in [0.25, 0.3) is 0 Å². The maximum Gasteiger partial charge on any atom is 0.322 e. The number of halogens is 2. The number of aromatic hydroxyl groups is 4. The van der Waals surface area contributed by atoms with Gasteiger partial charge in [0.2, 0.25) is 23.6 Å². The zero-order chi connectivity index (χ0) is 58.2. The molecule has 0 aliphatic carbocycles. The van der Waals surface area contributed by atoms with E-state index >= 15 is 0 Å². The van der Waals surface area contributed by atoms with Gasteiger partial charge in [-0.15, -0.1) is 0 Å². The lowest BCUT2D eigenvalue weighted by Gasteiger charge is -2.33. The van der Waals surface area contributed by atoms with Crippen LogP contribution in [0.4, 0.5) is 0 Å². The molecule has 0 saturated carbocycles. The first kappa shape index (κ1) is 66.4. The van der Waals surface area contributed by atoms with Gasteiger partial charge in [0.1, 0.15) is 47.0 Å². The Labute approximate surface area is 460 Å². The number of rotatable bonds is 32. The number of likely N-dealkylation sites (N-methyl/N-ethyl adjacent to an activating group) is 2. The SMILES string of the molecule is CC(C)(CC(C)(Br)C(=O)OCC[N+](C)(C)CCC(=O)O)C(=O)NC(Cc1ccc(O)c(O)c1)C(=O)NCC(O)CNC(=O)C(Cc1ccc(O)c(O)c1)NC(=O)C(C)(C)CC(C)(Br)C(=O)OCC[N+](C)(C)CCC(=O)O. The number of ether oxygens (including phenoxy) is 2. The highest BCUT2D eigenvalue weighted by Gasteiger charge is 2.44. The van der Waals surface area contributed by atoms with Crippen LogP contribution in [0.15, 0.2) is 36.4 Å². The Kier molecular flexibility index (Phi) is 24.5. The molecule has 4 amide bonds. The van der Waals surface area contributed by atoms with Crippen LogP contribution in [0.3, 0.4) is 0 Å². The lowest BCUT2D eigenvalue weighted by atomic mass is 9.82. The summed E-state index contributed by atoms with van der Waals surface area (Å²) in [5.41, 5.74) is -2.03. The number of nitrogens with zero attached hydrogens (tertiary/aromatic N) is 2. The van der Waals surface area contributed by atoms with Gasteiger partial charge < -0.3 is 75.5 Å². The molecule has 0 aliphatic heterocycles. The quantitative estimate of drug-likeness (QED) is 0.0216. The smallest absolute Gasteiger partial charge is 0.322 e. The fourth-order valence-electron chi connectivity index (χ4n) is 7.80. The zero-order valence-corrected chi connectivity index (χ0v) is 48.1. The van der Waals surface area contributed by atoms with E-state index < -0.39 is 121 Å². The molecule has 0 bridgehead atoms. The van der Waals surface area contributed by atoms with Crippen LogP contribution in [0.1, 0.15) is 78.4 Å². The second kappa shape index (κ2) is 28.0. The van der Waals surface area contributed by atoms with Crippen LogP contribution in [0.2, 0.25) is 0 Å². The molecule has 11 N–H and O–H groups in total. The number of carbonyl (C=O) groups is 8. The molecule has 0 heterocycles. The largest absolute Gasteiger partial charge is 0.504 e. The summed E-state index contributed by atoms with van der Waals surface area (Å²) >= 11 is 6.80. The summed E-state index contributed by atoms with van der Waals surface area (Å²) in [5.74, 6) is -8.04. The van der Waals surface area contributed by atoms with E-state index in [4.69, 9.17) is 19.7 Å². The Morgan fingerprint density at radius 3 is 1.18 bits per heavy atom. The Morgan fingerprint density at radius 2 is 0.882 bits per heavy atom. The van der Waals surface area contributed by atoms with E-state index in [1.54, 1.807) is 55.9 Å². The monoisotopic (exact) mass is 1200 g/mol. The van der Waals surface area contributed by atoms with Gasteiger partial charge in [-0.1, -0.05) is 71.7 Å². The maximum absolute atomic E-state index is 14.0. The first-order valence-corrected chi connectivity index (χ1v) is 26.0. The number of amides is 4. The molecule has 25 heteroatoms. The van der Waals surface area contributed by atoms with Gasteiger partial charge in [0.15, 0.2) is 23.0 Å². The summed E-state index contributed by atoms with van der Waals surface area (Å²) < 4.78 is 8.79. The minimum absolute atomic E-state index is 0.0308. The summed E-state index contributed by atoms with van der Waals surface area (Å²) in [4.78, 5) is 104. The molecule has 0 spiro atoms. The number of benzene rings is 2. The number of carboxylic acids is 2. The number of nitrogens with one attached hydrogen (secondary N) is 4. The standard InChI is InChI=1S/C51H76Br2N6O17/c1-48(2,29-50(5,52)46(73)75-21-19-58(7,8)17-15-40(65)66)44(71)56-34(23-31-11-13-36(61)38(63)25-31)42(69)54-27-33(60)28-55-43(70)35(24-32-12-14-37(62)39(64)26-32)57-45(72)49(3,4)30-51(6,53)47(74)76-22-20-59(9,10)18-16-41(67)68/h11-14,25-26,33-35,60H,15-24,27-30H2,1-10H3,(H8-2,54,55,56,57,61,62,63,64,65,66,67,68,69,70,71,72)/p+2. The molecule has 0 radical (unpaired) electrons. The van der Waals surface area contributed by atoms with Crippen molar-refractivity contribution in [3.63, 3.8) is 0 Å². The van der Waals surface area contributed by atoms with Crippen molar-refractivity contribution >= 4 is 79.4 Å². The van der Waals surface area contributed by atoms with Crippen molar-refractivity contribution in [2.75, 3.05) is 80.7 Å². The normalized spacial score (nSPS) is 14.9. The molecule has 0 aliphatic rings. The Balaban J connectivity index is 2.21. The van der Waals surface area contributed by atoms with Crippen molar-refractivity contribution in [1.82, 2.24) is 21.3 Å². The molecule has 0 saturated heterocycles. The van der Waals surface area contributed by atoms with E-state index in [1.807, 2.05) is 0 Å². The fraction of sp³-hybridized carbons (Fsp3) is 0.608. The van der Waals surface area contributed by atoms with Gasteiger partial charge in [-0.05, 0) is 62.1 Å². The number of carboxylic acid groups (broad SMARTS) is 2. The van der Waals surface area contributed by atoms with Crippen LogP contribution in [0, 0.1) is 10.8 Å². The molecule has 23 nitrogen and oxygen atoms in total. The van der Waals surface area contributed by atoms with Crippen LogP contribution >= 0.6 is 31.9 Å². The zero-order valence-electron chi connectivity index (χ0n) is 45.0. The van der Waals surface area contributed by atoms with E-state index in [2.05, 4.69) is 53.1 Å². The number of alkyl halides is 2. The van der Waals surface area contributed by atoms with Gasteiger partial charge >= 0.3 is 23.9 Å². The molecule has 4 unspecified atom stereocenters. The number of aliphatic hydroxyl groups is 1. The number of hydrogen-bond donors (Lipinski definition) is 11. The highest BCUT2D eigenvalue weighted by molar-refractivity contribution is 9.10. The third-order valence-electron chi connectivity index (χ3n) is 12.6. The molecule has 76 heavy (non-hydrogen) atoms. The molecule has 2 rings (SSSR count). The number of phenolic OH excluding ortho intramolecular Hbond substituents is 4. The molecular formula is C51H78Br2N6O17+2. The highest BCUT2D eigenvalue weighted by atomic mass is 79.9. The van der Waals surface area contributed by atoms with E-state index in [-0.39, 0.29) is 60.7 Å². The van der Waals surface area contributed by atoms with Crippen molar-refractivity contribution in [3.05, 3.63) is 47.5 Å². The van der Waals surface area contributed by atoms with Crippen molar-refractivity contribution in [1.29, 1.82) is 0 Å².